The summed E-state index contributed by atoms with van der Waals surface area (Å²) in [7, 11) is 1.33. The third-order valence-corrected chi connectivity index (χ3v) is 5.81. The zero-order chi connectivity index (χ0) is 21.8. The number of hydrogen-bond donors (Lipinski definition) is 1. The average molecular weight is 430 g/mol. The lowest BCUT2D eigenvalue weighted by Gasteiger charge is -2.24. The van der Waals surface area contributed by atoms with Crippen LogP contribution in [-0.2, 0) is 19.8 Å². The smallest absolute Gasteiger partial charge is 0.342 e. The summed E-state index contributed by atoms with van der Waals surface area (Å²) >= 11 is 0. The van der Waals surface area contributed by atoms with Crippen LogP contribution in [0.2, 0.25) is 0 Å². The van der Waals surface area contributed by atoms with E-state index < -0.39 is 17.8 Å². The number of aryl methyl sites for hydroxylation is 2. The molecule has 1 saturated carbocycles. The zero-order valence-electron chi connectivity index (χ0n) is 16.9. The molecule has 0 bridgehead atoms. The van der Waals surface area contributed by atoms with E-state index in [1.54, 1.807) is 6.20 Å². The van der Waals surface area contributed by atoms with Gasteiger partial charge in [-0.15, -0.1) is 0 Å². The fourth-order valence-electron chi connectivity index (χ4n) is 4.03. The molecule has 0 unspecified atom stereocenters. The Morgan fingerprint density at radius 1 is 1.16 bits per heavy atom. The molecule has 5 rings (SSSR count). The molecular weight excluding hydrogens is 409 g/mol. The first-order valence-electron chi connectivity index (χ1n) is 10.3. The van der Waals surface area contributed by atoms with Crippen LogP contribution in [0.15, 0.2) is 30.5 Å². The molecule has 0 aromatic carbocycles. The number of fused-ring (bicyclic) bond motifs is 1. The number of halogens is 3. The monoisotopic (exact) mass is 430 g/mol. The van der Waals surface area contributed by atoms with Crippen LogP contribution in [0.5, 0.6) is 0 Å². The van der Waals surface area contributed by atoms with Crippen LogP contribution >= 0.6 is 0 Å². The normalized spacial score (nSPS) is 18.6. The van der Waals surface area contributed by atoms with Gasteiger partial charge in [0.1, 0.15) is 5.69 Å². The summed E-state index contributed by atoms with van der Waals surface area (Å²) in [6.07, 6.45) is 1.01. The number of pyridine rings is 1. The van der Waals surface area contributed by atoms with Gasteiger partial charge in [0.2, 0.25) is 0 Å². The first kappa shape index (κ1) is 19.8. The van der Waals surface area contributed by atoms with Crippen molar-refractivity contribution in [3.05, 3.63) is 53.2 Å². The number of carbonyl (C=O) groups is 1. The summed E-state index contributed by atoms with van der Waals surface area (Å²) in [5, 5.41) is 11.0. The van der Waals surface area contributed by atoms with Crippen LogP contribution in [0, 0.1) is 0 Å². The number of alkyl halides is 3. The van der Waals surface area contributed by atoms with Gasteiger partial charge in [-0.1, -0.05) is 0 Å². The minimum Gasteiger partial charge on any atom is -0.342 e. The molecule has 4 heterocycles. The molecule has 2 aliphatic rings. The Morgan fingerprint density at radius 3 is 2.68 bits per heavy atom. The van der Waals surface area contributed by atoms with E-state index in [1.807, 2.05) is 16.8 Å². The van der Waals surface area contributed by atoms with Crippen LogP contribution in [0.3, 0.4) is 0 Å². The van der Waals surface area contributed by atoms with Crippen LogP contribution in [0.4, 0.5) is 13.2 Å². The summed E-state index contributed by atoms with van der Waals surface area (Å²) in [5.41, 5.74) is 2.49. The van der Waals surface area contributed by atoms with Crippen LogP contribution < -0.4 is 5.32 Å². The number of carbonyl (C=O) groups excluding carboxylic acids is 1. The van der Waals surface area contributed by atoms with Crippen molar-refractivity contribution in [2.24, 2.45) is 7.05 Å². The number of amides is 1. The van der Waals surface area contributed by atoms with Crippen molar-refractivity contribution in [1.29, 1.82) is 0 Å². The SMILES string of the molecule is Cn1nc(C(F)(F)F)cc1C(=O)N[C@H]1CCCn2nc(-c3ccnc(C4CC4)c3)cc21. The molecule has 1 N–H and O–H groups in total. The van der Waals surface area contributed by atoms with E-state index in [0.717, 1.165) is 59.2 Å². The minimum absolute atomic E-state index is 0.132. The Balaban J connectivity index is 1.39. The number of rotatable bonds is 4. The molecule has 3 aromatic heterocycles. The molecule has 1 aliphatic carbocycles. The molecule has 162 valence electrons. The predicted octanol–water partition coefficient (Wildman–Crippen LogP) is 3.84. The second-order valence-corrected chi connectivity index (χ2v) is 8.13. The van der Waals surface area contributed by atoms with Gasteiger partial charge < -0.3 is 5.32 Å². The largest absolute Gasteiger partial charge is 0.435 e. The Hall–Kier alpha value is -3.17. The van der Waals surface area contributed by atoms with Crippen molar-refractivity contribution in [2.45, 2.75) is 50.4 Å². The quantitative estimate of drug-likeness (QED) is 0.682. The van der Waals surface area contributed by atoms with E-state index in [4.69, 9.17) is 5.10 Å². The lowest BCUT2D eigenvalue weighted by atomic mass is 10.0. The van der Waals surface area contributed by atoms with Crippen molar-refractivity contribution >= 4 is 5.91 Å². The van der Waals surface area contributed by atoms with Crippen molar-refractivity contribution in [3.63, 3.8) is 0 Å². The van der Waals surface area contributed by atoms with Gasteiger partial charge in [0, 0.05) is 43.0 Å². The summed E-state index contributed by atoms with van der Waals surface area (Å²) in [5.74, 6) is -0.0589. The van der Waals surface area contributed by atoms with Gasteiger partial charge in [0.05, 0.1) is 17.4 Å². The van der Waals surface area contributed by atoms with Crippen LogP contribution in [0.25, 0.3) is 11.3 Å². The lowest BCUT2D eigenvalue weighted by molar-refractivity contribution is -0.141. The number of nitrogens with one attached hydrogen (secondary N) is 1. The Morgan fingerprint density at radius 2 is 1.97 bits per heavy atom. The fourth-order valence-corrected chi connectivity index (χ4v) is 4.03. The summed E-state index contributed by atoms with van der Waals surface area (Å²) in [6.45, 7) is 0.728. The molecule has 1 fully saturated rings. The minimum atomic E-state index is -4.60. The highest BCUT2D eigenvalue weighted by Gasteiger charge is 2.36. The molecule has 10 heteroatoms. The van der Waals surface area contributed by atoms with Gasteiger partial charge in [0.15, 0.2) is 5.69 Å². The van der Waals surface area contributed by atoms with E-state index >= 15 is 0 Å². The van der Waals surface area contributed by atoms with Gasteiger partial charge in [-0.3, -0.25) is 19.1 Å². The number of nitrogens with zero attached hydrogens (tertiary/aromatic N) is 5. The molecule has 0 spiro atoms. The second-order valence-electron chi connectivity index (χ2n) is 8.13. The molecule has 7 nitrogen and oxygen atoms in total. The average Bonchev–Trinajstić information content (AvgIpc) is 3.35. The summed E-state index contributed by atoms with van der Waals surface area (Å²) in [6, 6.07) is 6.37. The maximum absolute atomic E-state index is 12.9. The maximum Gasteiger partial charge on any atom is 0.435 e. The van der Waals surface area contributed by atoms with E-state index in [-0.39, 0.29) is 11.7 Å². The number of aromatic nitrogens is 5. The van der Waals surface area contributed by atoms with E-state index in [9.17, 15) is 18.0 Å². The van der Waals surface area contributed by atoms with Crippen LogP contribution in [-0.4, -0.2) is 30.5 Å². The first-order valence-corrected chi connectivity index (χ1v) is 10.3. The van der Waals surface area contributed by atoms with Crippen molar-refractivity contribution < 1.29 is 18.0 Å². The third kappa shape index (κ3) is 3.82. The summed E-state index contributed by atoms with van der Waals surface area (Å²) in [4.78, 5) is 17.2. The Labute approximate surface area is 176 Å². The second kappa shape index (κ2) is 7.21. The van der Waals surface area contributed by atoms with Gasteiger partial charge in [-0.05, 0) is 43.9 Å². The predicted molar refractivity (Wildman–Crippen MR) is 105 cm³/mol. The molecule has 3 aromatic rings. The van der Waals surface area contributed by atoms with Crippen molar-refractivity contribution in [2.75, 3.05) is 0 Å². The zero-order valence-corrected chi connectivity index (χ0v) is 16.9. The molecule has 0 radical (unpaired) electrons. The van der Waals surface area contributed by atoms with E-state index in [1.165, 1.54) is 7.05 Å². The molecule has 31 heavy (non-hydrogen) atoms. The first-order chi connectivity index (χ1) is 14.8. The van der Waals surface area contributed by atoms with Crippen LogP contribution in [0.1, 0.15) is 65.2 Å². The maximum atomic E-state index is 12.9. The molecule has 0 saturated heterocycles. The van der Waals surface area contributed by atoms with Gasteiger partial charge >= 0.3 is 6.18 Å². The standard InChI is InChI=1S/C21H21F3N6O/c1-29-18(11-19(28-29)21(22,23)24)20(31)26-14-3-2-8-30-17(14)10-16(27-30)13-6-7-25-15(9-13)12-4-5-12/h6-7,9-12,14H,2-5,8H2,1H3,(H,26,31)/t14-/m0/s1. The Kier molecular flexibility index (Phi) is 4.60. The summed E-state index contributed by atoms with van der Waals surface area (Å²) < 4.78 is 41.6. The third-order valence-electron chi connectivity index (χ3n) is 5.81. The van der Waals surface area contributed by atoms with Crippen molar-refractivity contribution in [3.8, 4) is 11.3 Å². The Bertz CT molecular complexity index is 1140. The van der Waals surface area contributed by atoms with E-state index in [2.05, 4.69) is 21.5 Å². The van der Waals surface area contributed by atoms with Gasteiger partial charge in [0.25, 0.3) is 5.91 Å². The van der Waals surface area contributed by atoms with E-state index in [0.29, 0.717) is 12.3 Å². The van der Waals surface area contributed by atoms with Crippen molar-refractivity contribution in [1.82, 2.24) is 29.9 Å². The highest BCUT2D eigenvalue weighted by Crippen LogP contribution is 2.40. The topological polar surface area (TPSA) is 77.6 Å². The highest BCUT2D eigenvalue weighted by atomic mass is 19.4. The lowest BCUT2D eigenvalue weighted by Crippen LogP contribution is -2.33. The molecule has 1 atom stereocenters. The molecule has 1 amide bonds. The highest BCUT2D eigenvalue weighted by molar-refractivity contribution is 5.93. The van der Waals surface area contributed by atoms with Gasteiger partial charge in [-0.25, -0.2) is 0 Å². The molecular formula is C21H21F3N6O. The number of hydrogen-bond acceptors (Lipinski definition) is 4. The fraction of sp³-hybridized carbons (Fsp3) is 0.429. The van der Waals surface area contributed by atoms with Gasteiger partial charge in [-0.2, -0.15) is 23.4 Å². The molecule has 1 aliphatic heterocycles.